The van der Waals surface area contributed by atoms with Crippen molar-refractivity contribution in [1.82, 2.24) is 0 Å². The van der Waals surface area contributed by atoms with Crippen LogP contribution in [0.4, 0.5) is 0 Å². The highest BCUT2D eigenvalue weighted by Crippen LogP contribution is 2.06. The number of hydrogen-bond donors (Lipinski definition) is 1. The molecule has 0 amide bonds. The molecule has 0 saturated heterocycles. The van der Waals surface area contributed by atoms with Crippen molar-refractivity contribution in [2.75, 3.05) is 6.61 Å². The molecule has 0 saturated carbocycles. The van der Waals surface area contributed by atoms with Crippen LogP contribution in [0.1, 0.15) is 26.2 Å². The van der Waals surface area contributed by atoms with E-state index < -0.39 is 17.9 Å². The smallest absolute Gasteiger partial charge is 0.339 e. The van der Waals surface area contributed by atoms with Gasteiger partial charge in [0.2, 0.25) is 0 Å². The first kappa shape index (κ1) is 13.6. The van der Waals surface area contributed by atoms with Crippen LogP contribution in [-0.4, -0.2) is 24.8 Å². The SMILES string of the molecule is CCCCOC(=O)C(CC=O)C(=O)ON. The van der Waals surface area contributed by atoms with Gasteiger partial charge in [-0.05, 0) is 6.42 Å². The Labute approximate surface area is 87.7 Å². The maximum atomic E-state index is 11.3. The van der Waals surface area contributed by atoms with E-state index in [1.807, 2.05) is 6.92 Å². The lowest BCUT2D eigenvalue weighted by Gasteiger charge is -2.10. The summed E-state index contributed by atoms with van der Waals surface area (Å²) in [5, 5.41) is 0. The number of nitrogens with two attached hydrogens (primary N) is 1. The van der Waals surface area contributed by atoms with Crippen molar-refractivity contribution < 1.29 is 24.0 Å². The quantitative estimate of drug-likeness (QED) is 0.211. The molecular weight excluding hydrogens is 202 g/mol. The highest BCUT2D eigenvalue weighted by molar-refractivity contribution is 5.96. The predicted molar refractivity (Wildman–Crippen MR) is 50.3 cm³/mol. The summed E-state index contributed by atoms with van der Waals surface area (Å²) in [6.45, 7) is 2.16. The third kappa shape index (κ3) is 5.11. The zero-order valence-electron chi connectivity index (χ0n) is 8.60. The average molecular weight is 217 g/mol. The minimum Gasteiger partial charge on any atom is -0.465 e. The van der Waals surface area contributed by atoms with Crippen LogP contribution in [0.3, 0.4) is 0 Å². The predicted octanol–water partition coefficient (Wildman–Crippen LogP) is -0.0482. The molecule has 6 nitrogen and oxygen atoms in total. The van der Waals surface area contributed by atoms with Crippen LogP contribution in [0.5, 0.6) is 0 Å². The molecule has 0 aromatic carbocycles. The largest absolute Gasteiger partial charge is 0.465 e. The van der Waals surface area contributed by atoms with Crippen molar-refractivity contribution in [3.63, 3.8) is 0 Å². The molecule has 2 N–H and O–H groups in total. The van der Waals surface area contributed by atoms with E-state index in [9.17, 15) is 14.4 Å². The molecular formula is C9H15NO5. The third-order valence-electron chi connectivity index (χ3n) is 1.76. The molecule has 1 unspecified atom stereocenters. The van der Waals surface area contributed by atoms with Crippen LogP contribution >= 0.6 is 0 Å². The summed E-state index contributed by atoms with van der Waals surface area (Å²) in [7, 11) is 0. The summed E-state index contributed by atoms with van der Waals surface area (Å²) in [6.07, 6.45) is 1.74. The lowest BCUT2D eigenvalue weighted by Crippen LogP contribution is -2.30. The molecule has 0 aliphatic carbocycles. The van der Waals surface area contributed by atoms with E-state index in [2.05, 4.69) is 10.7 Å². The van der Waals surface area contributed by atoms with Gasteiger partial charge in [-0.25, -0.2) is 4.79 Å². The summed E-state index contributed by atoms with van der Waals surface area (Å²) in [5.74, 6) is 1.65. The first-order chi connectivity index (χ1) is 7.17. The van der Waals surface area contributed by atoms with Gasteiger partial charge in [-0.3, -0.25) is 4.79 Å². The Morgan fingerprint density at radius 1 is 1.40 bits per heavy atom. The molecule has 6 heteroatoms. The van der Waals surface area contributed by atoms with Crippen LogP contribution in [0.25, 0.3) is 0 Å². The molecule has 0 spiro atoms. The van der Waals surface area contributed by atoms with E-state index in [-0.39, 0.29) is 13.0 Å². The topological polar surface area (TPSA) is 95.7 Å². The Kier molecular flexibility index (Phi) is 7.17. The van der Waals surface area contributed by atoms with E-state index in [1.54, 1.807) is 0 Å². The monoisotopic (exact) mass is 217 g/mol. The molecule has 0 bridgehead atoms. The Morgan fingerprint density at radius 2 is 2.07 bits per heavy atom. The zero-order chi connectivity index (χ0) is 11.7. The van der Waals surface area contributed by atoms with Gasteiger partial charge in [-0.1, -0.05) is 13.3 Å². The van der Waals surface area contributed by atoms with Crippen LogP contribution < -0.4 is 5.90 Å². The minimum atomic E-state index is -1.25. The molecule has 0 rings (SSSR count). The molecule has 0 aliphatic rings. The minimum absolute atomic E-state index is 0.225. The summed E-state index contributed by atoms with van der Waals surface area (Å²) in [4.78, 5) is 36.3. The van der Waals surface area contributed by atoms with Crippen molar-refractivity contribution in [2.45, 2.75) is 26.2 Å². The van der Waals surface area contributed by atoms with Gasteiger partial charge in [0.1, 0.15) is 6.29 Å². The summed E-state index contributed by atoms with van der Waals surface area (Å²) >= 11 is 0. The summed E-state index contributed by atoms with van der Waals surface area (Å²) in [5.41, 5.74) is 0. The molecule has 0 aromatic heterocycles. The normalized spacial score (nSPS) is 11.6. The van der Waals surface area contributed by atoms with Crippen molar-refractivity contribution in [2.24, 2.45) is 11.8 Å². The second-order valence-electron chi connectivity index (χ2n) is 2.91. The van der Waals surface area contributed by atoms with Crippen LogP contribution in [0.2, 0.25) is 0 Å². The fourth-order valence-electron chi connectivity index (χ4n) is 0.885. The van der Waals surface area contributed by atoms with Crippen LogP contribution in [0.15, 0.2) is 0 Å². The fraction of sp³-hybridized carbons (Fsp3) is 0.667. The van der Waals surface area contributed by atoms with E-state index in [4.69, 9.17) is 4.74 Å². The van der Waals surface area contributed by atoms with Crippen molar-refractivity contribution in [1.29, 1.82) is 0 Å². The van der Waals surface area contributed by atoms with Crippen molar-refractivity contribution in [3.8, 4) is 0 Å². The van der Waals surface area contributed by atoms with E-state index in [1.165, 1.54) is 0 Å². The molecule has 0 fully saturated rings. The Hall–Kier alpha value is -1.43. The van der Waals surface area contributed by atoms with Gasteiger partial charge in [0.25, 0.3) is 0 Å². The molecule has 0 heterocycles. The van der Waals surface area contributed by atoms with Gasteiger partial charge in [-0.2, -0.15) is 5.90 Å². The molecule has 15 heavy (non-hydrogen) atoms. The van der Waals surface area contributed by atoms with Crippen molar-refractivity contribution >= 4 is 18.2 Å². The second-order valence-corrected chi connectivity index (χ2v) is 2.91. The lowest BCUT2D eigenvalue weighted by atomic mass is 10.1. The fourth-order valence-corrected chi connectivity index (χ4v) is 0.885. The van der Waals surface area contributed by atoms with Crippen molar-refractivity contribution in [3.05, 3.63) is 0 Å². The van der Waals surface area contributed by atoms with Gasteiger partial charge in [-0.15, -0.1) is 0 Å². The second kappa shape index (κ2) is 7.93. The van der Waals surface area contributed by atoms with Gasteiger partial charge in [0, 0.05) is 6.42 Å². The van der Waals surface area contributed by atoms with Gasteiger partial charge < -0.3 is 14.4 Å². The Balaban J connectivity index is 4.16. The van der Waals surface area contributed by atoms with E-state index >= 15 is 0 Å². The van der Waals surface area contributed by atoms with E-state index in [0.29, 0.717) is 12.7 Å². The lowest BCUT2D eigenvalue weighted by molar-refractivity contribution is -0.163. The van der Waals surface area contributed by atoms with Crippen LogP contribution in [-0.2, 0) is 24.0 Å². The van der Waals surface area contributed by atoms with Gasteiger partial charge in [0.05, 0.1) is 6.61 Å². The molecule has 0 aromatic rings. The number of carbonyl (C=O) groups excluding carboxylic acids is 3. The zero-order valence-corrected chi connectivity index (χ0v) is 8.60. The molecule has 86 valence electrons. The number of carbonyl (C=O) groups is 3. The summed E-state index contributed by atoms with van der Waals surface area (Å²) in [6, 6.07) is 0. The maximum absolute atomic E-state index is 11.3. The number of rotatable bonds is 7. The third-order valence-corrected chi connectivity index (χ3v) is 1.76. The number of hydrogen-bond acceptors (Lipinski definition) is 6. The standard InChI is InChI=1S/C9H15NO5/c1-2-3-6-14-8(12)7(4-5-11)9(13)15-10/h5,7H,2-4,6,10H2,1H3. The highest BCUT2D eigenvalue weighted by Gasteiger charge is 2.29. The molecule has 0 radical (unpaired) electrons. The number of ether oxygens (including phenoxy) is 1. The Bertz CT molecular complexity index is 229. The molecule has 0 aliphatic heterocycles. The van der Waals surface area contributed by atoms with Gasteiger partial charge >= 0.3 is 11.9 Å². The Morgan fingerprint density at radius 3 is 2.53 bits per heavy atom. The van der Waals surface area contributed by atoms with E-state index in [0.717, 1.165) is 6.42 Å². The number of esters is 1. The first-order valence-electron chi connectivity index (χ1n) is 4.68. The summed E-state index contributed by atoms with van der Waals surface area (Å²) < 4.78 is 4.77. The first-order valence-corrected chi connectivity index (χ1v) is 4.68. The van der Waals surface area contributed by atoms with Crippen LogP contribution in [0, 0.1) is 5.92 Å². The number of aldehydes is 1. The van der Waals surface area contributed by atoms with Gasteiger partial charge in [0.15, 0.2) is 5.92 Å². The molecule has 1 atom stereocenters. The maximum Gasteiger partial charge on any atom is 0.339 e. The average Bonchev–Trinajstić information content (AvgIpc) is 2.25. The highest BCUT2D eigenvalue weighted by atomic mass is 16.7. The number of unbranched alkanes of at least 4 members (excludes halogenated alkanes) is 1.